The molecule has 0 radical (unpaired) electrons. The molecule has 3 rings (SSSR count). The largest absolute Gasteiger partial charge is 0.330 e. The summed E-state index contributed by atoms with van der Waals surface area (Å²) in [7, 11) is -1.05. The van der Waals surface area contributed by atoms with Crippen LogP contribution in [-0.2, 0) is 30.5 Å². The van der Waals surface area contributed by atoms with Crippen molar-refractivity contribution in [1.29, 1.82) is 0 Å². The van der Waals surface area contributed by atoms with Gasteiger partial charge in [-0.05, 0) is 19.1 Å². The van der Waals surface area contributed by atoms with Gasteiger partial charge in [0.25, 0.3) is 15.6 Å². The lowest BCUT2D eigenvalue weighted by atomic mass is 10.2. The van der Waals surface area contributed by atoms with Crippen LogP contribution in [0.4, 0.5) is 5.69 Å². The molecule has 25 heavy (non-hydrogen) atoms. The van der Waals surface area contributed by atoms with E-state index in [-0.39, 0.29) is 17.1 Å². The highest BCUT2D eigenvalue weighted by Crippen LogP contribution is 2.26. The van der Waals surface area contributed by atoms with Gasteiger partial charge in [0.1, 0.15) is 5.69 Å². The van der Waals surface area contributed by atoms with E-state index in [4.69, 9.17) is 0 Å². The summed E-state index contributed by atoms with van der Waals surface area (Å²) in [6, 6.07) is 6.46. The Morgan fingerprint density at radius 2 is 1.60 bits per heavy atom. The second-order valence-electron chi connectivity index (χ2n) is 6.03. The zero-order chi connectivity index (χ0) is 18.4. The van der Waals surface area contributed by atoms with Gasteiger partial charge in [0.2, 0.25) is 0 Å². The molecule has 2 heterocycles. The smallest absolute Gasteiger partial charge is 0.298 e. The predicted octanol–water partition coefficient (Wildman–Crippen LogP) is 0.700. The number of sulfonamides is 1. The minimum atomic E-state index is -3.93. The number of aryl methyl sites for hydroxylation is 1. The topological polar surface area (TPSA) is 81.4 Å². The lowest BCUT2D eigenvalue weighted by molar-refractivity contribution is 0.590. The molecule has 1 aromatic carbocycles. The third-order valence-corrected chi connectivity index (χ3v) is 6.15. The van der Waals surface area contributed by atoms with E-state index in [2.05, 4.69) is 0 Å². The number of benzene rings is 1. The molecule has 0 saturated heterocycles. The molecule has 1 aromatic heterocycles. The molecule has 0 bridgehead atoms. The van der Waals surface area contributed by atoms with Crippen molar-refractivity contribution in [3.8, 4) is 0 Å². The second kappa shape index (κ2) is 6.03. The lowest BCUT2D eigenvalue weighted by Crippen LogP contribution is -2.44. The first-order valence-electron chi connectivity index (χ1n) is 7.78. The molecule has 0 spiro atoms. The van der Waals surface area contributed by atoms with Gasteiger partial charge in [0.05, 0.1) is 17.1 Å². The highest BCUT2D eigenvalue weighted by atomic mass is 32.2. The van der Waals surface area contributed by atoms with Crippen molar-refractivity contribution in [3.05, 3.63) is 68.5 Å². The van der Waals surface area contributed by atoms with Gasteiger partial charge >= 0.3 is 5.69 Å². The molecule has 2 aromatic rings. The Hall–Kier alpha value is -2.61. The molecular formula is C17H19N3O4S. The van der Waals surface area contributed by atoms with Gasteiger partial charge in [-0.3, -0.25) is 18.2 Å². The summed E-state index contributed by atoms with van der Waals surface area (Å²) < 4.78 is 29.6. The molecule has 0 amide bonds. The Morgan fingerprint density at radius 1 is 0.960 bits per heavy atom. The van der Waals surface area contributed by atoms with Gasteiger partial charge in [-0.25, -0.2) is 13.2 Å². The molecule has 0 unspecified atom stereocenters. The van der Waals surface area contributed by atoms with Gasteiger partial charge in [-0.2, -0.15) is 0 Å². The van der Waals surface area contributed by atoms with E-state index >= 15 is 0 Å². The van der Waals surface area contributed by atoms with E-state index in [9.17, 15) is 18.0 Å². The zero-order valence-electron chi connectivity index (χ0n) is 14.3. The minimum absolute atomic E-state index is 0.0233. The fourth-order valence-corrected chi connectivity index (χ4v) is 4.31. The van der Waals surface area contributed by atoms with E-state index in [1.165, 1.54) is 30.8 Å². The molecule has 1 aliphatic rings. The van der Waals surface area contributed by atoms with Gasteiger partial charge in [-0.15, -0.1) is 0 Å². The molecular weight excluding hydrogens is 342 g/mol. The maximum atomic E-state index is 13.1. The molecule has 132 valence electrons. The first kappa shape index (κ1) is 17.2. The van der Waals surface area contributed by atoms with Crippen LogP contribution in [0.5, 0.6) is 0 Å². The third kappa shape index (κ3) is 2.72. The minimum Gasteiger partial charge on any atom is -0.298 e. The number of fused-ring (bicyclic) bond motifs is 1. The molecule has 0 aliphatic carbocycles. The van der Waals surface area contributed by atoms with E-state index in [0.29, 0.717) is 12.1 Å². The molecule has 7 nitrogen and oxygen atoms in total. The quantitative estimate of drug-likeness (QED) is 0.738. The normalized spacial score (nSPS) is 14.3. The predicted molar refractivity (Wildman–Crippen MR) is 95.5 cm³/mol. The van der Waals surface area contributed by atoms with E-state index in [1.54, 1.807) is 24.3 Å². The van der Waals surface area contributed by atoms with Crippen LogP contribution in [0.1, 0.15) is 11.3 Å². The second-order valence-corrected chi connectivity index (χ2v) is 7.89. The number of allylic oxidation sites excluding steroid dienone is 1. The van der Waals surface area contributed by atoms with E-state index < -0.39 is 21.3 Å². The first-order valence-corrected chi connectivity index (χ1v) is 9.22. The molecule has 1 aliphatic heterocycles. The van der Waals surface area contributed by atoms with Crippen molar-refractivity contribution in [2.45, 2.75) is 18.2 Å². The standard InChI is InChI=1S/C17H19N3O4S/c1-12-7-9-13(10-8-12)25(23,24)20-11-5-4-6-14-15(20)16(21)19(3)17(22)18(14)2/h4-5,7-10H,6,11H2,1-3H3. The number of nitrogens with zero attached hydrogens (tertiary/aromatic N) is 3. The maximum Gasteiger partial charge on any atom is 0.330 e. The third-order valence-electron chi connectivity index (χ3n) is 4.37. The summed E-state index contributed by atoms with van der Waals surface area (Å²) in [6.45, 7) is 1.91. The van der Waals surface area contributed by atoms with Crippen LogP contribution in [0.2, 0.25) is 0 Å². The van der Waals surface area contributed by atoms with Crippen molar-refractivity contribution in [2.75, 3.05) is 10.8 Å². The maximum absolute atomic E-state index is 13.1. The summed E-state index contributed by atoms with van der Waals surface area (Å²) in [6.07, 6.45) is 3.77. The lowest BCUT2D eigenvalue weighted by Gasteiger charge is -2.24. The van der Waals surface area contributed by atoms with Crippen LogP contribution in [0.3, 0.4) is 0 Å². The van der Waals surface area contributed by atoms with Crippen LogP contribution in [0.15, 0.2) is 50.9 Å². The van der Waals surface area contributed by atoms with E-state index in [1.807, 2.05) is 6.92 Å². The summed E-state index contributed by atoms with van der Waals surface area (Å²) in [5.74, 6) is 0. The highest BCUT2D eigenvalue weighted by molar-refractivity contribution is 7.92. The van der Waals surface area contributed by atoms with Crippen LogP contribution in [-0.4, -0.2) is 24.1 Å². The Morgan fingerprint density at radius 3 is 2.24 bits per heavy atom. The van der Waals surface area contributed by atoms with Gasteiger partial charge in [0.15, 0.2) is 0 Å². The van der Waals surface area contributed by atoms with Crippen molar-refractivity contribution in [3.63, 3.8) is 0 Å². The van der Waals surface area contributed by atoms with Gasteiger partial charge in [0, 0.05) is 20.5 Å². The molecule has 0 atom stereocenters. The van der Waals surface area contributed by atoms with Crippen molar-refractivity contribution in [2.24, 2.45) is 14.1 Å². The average molecular weight is 361 g/mol. The molecule has 8 heteroatoms. The SMILES string of the molecule is Cc1ccc(S(=O)(=O)N2CC=CCc3c2c(=O)n(C)c(=O)n3C)cc1. The van der Waals surface area contributed by atoms with Crippen LogP contribution in [0.25, 0.3) is 0 Å². The molecule has 0 fully saturated rings. The van der Waals surface area contributed by atoms with Crippen molar-refractivity contribution in [1.82, 2.24) is 9.13 Å². The number of aromatic nitrogens is 2. The monoisotopic (exact) mass is 361 g/mol. The fraction of sp³-hybridized carbons (Fsp3) is 0.294. The molecule has 0 saturated carbocycles. The number of hydrogen-bond acceptors (Lipinski definition) is 4. The van der Waals surface area contributed by atoms with Crippen LogP contribution < -0.4 is 15.6 Å². The summed E-state index contributed by atoms with van der Waals surface area (Å²) in [5.41, 5.74) is 0.255. The Labute approximate surface area is 145 Å². The first-order chi connectivity index (χ1) is 11.7. The average Bonchev–Trinajstić information content (AvgIpc) is 2.82. The van der Waals surface area contributed by atoms with Crippen molar-refractivity contribution >= 4 is 15.7 Å². The summed E-state index contributed by atoms with van der Waals surface area (Å²) in [5, 5.41) is 0. The Balaban J connectivity index is 2.30. The van der Waals surface area contributed by atoms with E-state index in [0.717, 1.165) is 14.4 Å². The van der Waals surface area contributed by atoms with Gasteiger partial charge < -0.3 is 0 Å². The summed E-state index contributed by atoms with van der Waals surface area (Å²) >= 11 is 0. The van der Waals surface area contributed by atoms with Crippen molar-refractivity contribution < 1.29 is 8.42 Å². The fourth-order valence-electron chi connectivity index (χ4n) is 2.86. The van der Waals surface area contributed by atoms with Gasteiger partial charge in [-0.1, -0.05) is 29.8 Å². The van der Waals surface area contributed by atoms with Crippen LogP contribution in [0, 0.1) is 6.92 Å². The highest BCUT2D eigenvalue weighted by Gasteiger charge is 2.31. The number of anilines is 1. The number of rotatable bonds is 2. The Bertz CT molecular complexity index is 1080. The van der Waals surface area contributed by atoms with Crippen LogP contribution >= 0.6 is 0 Å². The zero-order valence-corrected chi connectivity index (χ0v) is 15.1. The summed E-state index contributed by atoms with van der Waals surface area (Å²) in [4.78, 5) is 25.0. The number of hydrogen-bond donors (Lipinski definition) is 0. The molecule has 0 N–H and O–H groups in total. The Kier molecular flexibility index (Phi) is 4.16.